The average molecular weight is 374 g/mol. The number of nitrogens with one attached hydrogen (secondary N) is 1. The Kier molecular flexibility index (Phi) is 9.04. The van der Waals surface area contributed by atoms with Gasteiger partial charge in [0.2, 0.25) is 0 Å². The second-order valence-corrected chi connectivity index (χ2v) is 6.63. The number of aromatic nitrogens is 1. The minimum atomic E-state index is -0.640. The van der Waals surface area contributed by atoms with Crippen molar-refractivity contribution in [1.29, 1.82) is 0 Å². The second kappa shape index (κ2) is 11.5. The van der Waals surface area contributed by atoms with Crippen LogP contribution < -0.4 is 14.8 Å². The molecule has 0 aliphatic heterocycles. The number of benzene rings is 1. The van der Waals surface area contributed by atoms with Crippen LogP contribution in [0.4, 0.5) is 0 Å². The molecule has 1 aromatic carbocycles. The van der Waals surface area contributed by atoms with Gasteiger partial charge in [0.25, 0.3) is 0 Å². The van der Waals surface area contributed by atoms with Gasteiger partial charge in [-0.1, -0.05) is 13.0 Å². The Morgan fingerprint density at radius 3 is 2.41 bits per heavy atom. The summed E-state index contributed by atoms with van der Waals surface area (Å²) in [5.74, 6) is 1.50. The molecule has 2 rings (SSSR count). The molecule has 1 heterocycles. The highest BCUT2D eigenvalue weighted by Crippen LogP contribution is 2.18. The summed E-state index contributed by atoms with van der Waals surface area (Å²) in [4.78, 5) is 4.02. The summed E-state index contributed by atoms with van der Waals surface area (Å²) in [5.41, 5.74) is 0.793. The number of aliphatic hydroxyl groups is 2. The zero-order valence-electron chi connectivity index (χ0n) is 16.0. The van der Waals surface area contributed by atoms with Crippen LogP contribution in [-0.4, -0.2) is 47.1 Å². The normalized spacial score (nSPS) is 14.4. The lowest BCUT2D eigenvalue weighted by Gasteiger charge is -2.20. The SMILES string of the molecule is CCCOc1ccc(OCC(O)CNC(C)CC(O)c2cccnc2)cc1. The minimum Gasteiger partial charge on any atom is -0.494 e. The summed E-state index contributed by atoms with van der Waals surface area (Å²) in [5, 5.41) is 23.5. The molecule has 0 aliphatic rings. The van der Waals surface area contributed by atoms with Crippen molar-refractivity contribution < 1.29 is 19.7 Å². The molecular formula is C21H30N2O4. The summed E-state index contributed by atoms with van der Waals surface area (Å²) in [6, 6.07) is 11.1. The summed E-state index contributed by atoms with van der Waals surface area (Å²) in [6.45, 7) is 5.31. The van der Waals surface area contributed by atoms with Crippen molar-refractivity contribution in [1.82, 2.24) is 10.3 Å². The van der Waals surface area contributed by atoms with Crippen LogP contribution in [0.3, 0.4) is 0 Å². The van der Waals surface area contributed by atoms with Crippen LogP contribution in [0.15, 0.2) is 48.8 Å². The first kappa shape index (κ1) is 21.2. The highest BCUT2D eigenvalue weighted by molar-refractivity contribution is 5.31. The maximum atomic E-state index is 10.2. The zero-order chi connectivity index (χ0) is 19.5. The number of hydrogen-bond donors (Lipinski definition) is 3. The van der Waals surface area contributed by atoms with E-state index in [4.69, 9.17) is 9.47 Å². The lowest BCUT2D eigenvalue weighted by molar-refractivity contribution is 0.0987. The quantitative estimate of drug-likeness (QED) is 0.530. The minimum absolute atomic E-state index is 0.0462. The van der Waals surface area contributed by atoms with E-state index in [0.29, 0.717) is 25.3 Å². The summed E-state index contributed by atoms with van der Waals surface area (Å²) < 4.78 is 11.1. The molecule has 1 aromatic heterocycles. The fraction of sp³-hybridized carbons (Fsp3) is 0.476. The van der Waals surface area contributed by atoms with E-state index in [1.807, 2.05) is 37.3 Å². The van der Waals surface area contributed by atoms with Gasteiger partial charge in [-0.3, -0.25) is 4.98 Å². The predicted octanol–water partition coefficient (Wildman–Crippen LogP) is 2.71. The molecule has 6 nitrogen and oxygen atoms in total. The molecule has 0 aliphatic carbocycles. The van der Waals surface area contributed by atoms with Crippen molar-refractivity contribution in [3.8, 4) is 11.5 Å². The molecule has 0 saturated carbocycles. The van der Waals surface area contributed by atoms with Gasteiger partial charge in [0.1, 0.15) is 24.2 Å². The monoisotopic (exact) mass is 374 g/mol. The Hall–Kier alpha value is -2.15. The summed E-state index contributed by atoms with van der Waals surface area (Å²) >= 11 is 0. The van der Waals surface area contributed by atoms with Gasteiger partial charge in [0.15, 0.2) is 0 Å². The Balaban J connectivity index is 1.65. The van der Waals surface area contributed by atoms with E-state index in [1.165, 1.54) is 0 Å². The van der Waals surface area contributed by atoms with E-state index in [-0.39, 0.29) is 12.6 Å². The van der Waals surface area contributed by atoms with Crippen LogP contribution in [-0.2, 0) is 0 Å². The lowest BCUT2D eigenvalue weighted by Crippen LogP contribution is -2.37. The van der Waals surface area contributed by atoms with E-state index in [0.717, 1.165) is 17.7 Å². The first-order valence-corrected chi connectivity index (χ1v) is 9.43. The number of nitrogens with zero attached hydrogens (tertiary/aromatic N) is 1. The van der Waals surface area contributed by atoms with Crippen LogP contribution >= 0.6 is 0 Å². The molecule has 0 spiro atoms. The number of ether oxygens (including phenoxy) is 2. The third kappa shape index (κ3) is 7.95. The topological polar surface area (TPSA) is 83.8 Å². The van der Waals surface area contributed by atoms with Crippen LogP contribution in [0.25, 0.3) is 0 Å². The number of aliphatic hydroxyl groups excluding tert-OH is 2. The molecule has 3 N–H and O–H groups in total. The summed E-state index contributed by atoms with van der Waals surface area (Å²) in [6.07, 6.45) is 3.63. The van der Waals surface area contributed by atoms with Gasteiger partial charge in [-0.15, -0.1) is 0 Å². The predicted molar refractivity (Wildman–Crippen MR) is 105 cm³/mol. The molecular weight excluding hydrogens is 344 g/mol. The Bertz CT molecular complexity index is 636. The molecule has 0 saturated heterocycles. The number of rotatable bonds is 12. The fourth-order valence-corrected chi connectivity index (χ4v) is 2.57. The lowest BCUT2D eigenvalue weighted by atomic mass is 10.0. The molecule has 0 amide bonds. The smallest absolute Gasteiger partial charge is 0.119 e. The Morgan fingerprint density at radius 1 is 1.07 bits per heavy atom. The van der Waals surface area contributed by atoms with E-state index in [9.17, 15) is 10.2 Å². The second-order valence-electron chi connectivity index (χ2n) is 6.63. The molecule has 148 valence electrons. The van der Waals surface area contributed by atoms with E-state index < -0.39 is 12.2 Å². The average Bonchev–Trinajstić information content (AvgIpc) is 2.70. The Labute approximate surface area is 161 Å². The van der Waals surface area contributed by atoms with Crippen LogP contribution in [0.5, 0.6) is 11.5 Å². The molecule has 27 heavy (non-hydrogen) atoms. The van der Waals surface area contributed by atoms with E-state index in [2.05, 4.69) is 17.2 Å². The van der Waals surface area contributed by atoms with Crippen molar-refractivity contribution in [3.63, 3.8) is 0 Å². The van der Waals surface area contributed by atoms with Crippen molar-refractivity contribution >= 4 is 0 Å². The van der Waals surface area contributed by atoms with E-state index in [1.54, 1.807) is 18.5 Å². The highest BCUT2D eigenvalue weighted by atomic mass is 16.5. The van der Waals surface area contributed by atoms with Gasteiger partial charge < -0.3 is 25.0 Å². The van der Waals surface area contributed by atoms with Gasteiger partial charge in [-0.25, -0.2) is 0 Å². The van der Waals surface area contributed by atoms with Gasteiger partial charge >= 0.3 is 0 Å². The van der Waals surface area contributed by atoms with Crippen molar-refractivity contribution in [3.05, 3.63) is 54.4 Å². The van der Waals surface area contributed by atoms with Crippen molar-refractivity contribution in [2.24, 2.45) is 0 Å². The van der Waals surface area contributed by atoms with Gasteiger partial charge in [0, 0.05) is 25.0 Å². The fourth-order valence-electron chi connectivity index (χ4n) is 2.57. The highest BCUT2D eigenvalue weighted by Gasteiger charge is 2.14. The van der Waals surface area contributed by atoms with Gasteiger partial charge in [0.05, 0.1) is 12.7 Å². The van der Waals surface area contributed by atoms with Gasteiger partial charge in [-0.05, 0) is 55.7 Å². The number of hydrogen-bond acceptors (Lipinski definition) is 6. The Morgan fingerprint density at radius 2 is 1.78 bits per heavy atom. The number of pyridine rings is 1. The first-order valence-electron chi connectivity index (χ1n) is 9.43. The van der Waals surface area contributed by atoms with Gasteiger partial charge in [-0.2, -0.15) is 0 Å². The molecule has 0 radical (unpaired) electrons. The molecule has 6 heteroatoms. The zero-order valence-corrected chi connectivity index (χ0v) is 16.0. The summed E-state index contributed by atoms with van der Waals surface area (Å²) in [7, 11) is 0. The van der Waals surface area contributed by atoms with Crippen molar-refractivity contribution in [2.75, 3.05) is 19.8 Å². The maximum absolute atomic E-state index is 10.2. The molecule has 3 atom stereocenters. The van der Waals surface area contributed by atoms with Crippen LogP contribution in [0, 0.1) is 0 Å². The molecule has 3 unspecified atom stereocenters. The first-order chi connectivity index (χ1) is 13.1. The third-order valence-corrected chi connectivity index (χ3v) is 4.09. The largest absolute Gasteiger partial charge is 0.494 e. The van der Waals surface area contributed by atoms with E-state index >= 15 is 0 Å². The maximum Gasteiger partial charge on any atom is 0.119 e. The van der Waals surface area contributed by atoms with Crippen LogP contribution in [0.2, 0.25) is 0 Å². The molecule has 0 bridgehead atoms. The molecule has 2 aromatic rings. The third-order valence-electron chi connectivity index (χ3n) is 4.09. The van der Waals surface area contributed by atoms with Crippen LogP contribution in [0.1, 0.15) is 38.4 Å². The van der Waals surface area contributed by atoms with Crippen molar-refractivity contribution in [2.45, 2.75) is 44.9 Å². The standard InChI is InChI=1S/C21H30N2O4/c1-3-11-26-19-6-8-20(9-7-19)27-15-18(24)14-23-16(2)12-21(25)17-5-4-10-22-13-17/h4-10,13,16,18,21,23-25H,3,11-12,14-15H2,1-2H3. The molecule has 0 fully saturated rings.